The maximum absolute atomic E-state index is 12.8. The van der Waals surface area contributed by atoms with E-state index in [-0.39, 0.29) is 81.8 Å². The third-order valence-electron chi connectivity index (χ3n) is 11.9. The number of benzene rings is 2. The molecule has 6 aromatic rings. The van der Waals surface area contributed by atoms with Crippen LogP contribution in [-0.4, -0.2) is 122 Å². The molecule has 2 saturated heterocycles. The molecule has 2 aliphatic rings. The van der Waals surface area contributed by atoms with Crippen LogP contribution < -0.4 is 10.6 Å². The number of ether oxygens (including phenoxy) is 2. The fraction of sp³-hybridized carbons (Fsp3) is 0.479. The molecule has 10 atom stereocenters. The first-order valence-corrected chi connectivity index (χ1v) is 25.1. The van der Waals surface area contributed by atoms with Gasteiger partial charge in [-0.2, -0.15) is 0 Å². The molecule has 0 bridgehead atoms. The second kappa shape index (κ2) is 26.2. The summed E-state index contributed by atoms with van der Waals surface area (Å²) in [5, 5.41) is 15.1. The van der Waals surface area contributed by atoms with Crippen LogP contribution in [-0.2, 0) is 27.6 Å². The van der Waals surface area contributed by atoms with Crippen LogP contribution in [0.5, 0.6) is 0 Å². The average Bonchev–Trinajstić information content (AvgIpc) is 4.13. The molecule has 24 heteroatoms. The molecule has 0 spiro atoms. The number of aromatic nitrogens is 8. The van der Waals surface area contributed by atoms with Crippen molar-refractivity contribution in [3.05, 3.63) is 109 Å². The average molecular weight is 1030 g/mol. The third-order valence-corrected chi connectivity index (χ3v) is 14.4. The van der Waals surface area contributed by atoms with Crippen molar-refractivity contribution in [2.75, 3.05) is 30.4 Å². The molecule has 0 aliphatic carbocycles. The first-order valence-electron chi connectivity index (χ1n) is 22.8. The molecule has 2 aliphatic heterocycles. The van der Waals surface area contributed by atoms with Gasteiger partial charge >= 0.3 is 8.25 Å². The van der Waals surface area contributed by atoms with E-state index < -0.39 is 41.4 Å². The van der Waals surface area contributed by atoms with Gasteiger partial charge in [-0.05, 0) is 58.4 Å². The molecular weight excluding hydrogens is 967 g/mol. The molecule has 2 unspecified atom stereocenters. The number of amides is 2. The molecular formula is C48H65N12O10P2+. The molecule has 0 saturated carbocycles. The third kappa shape index (κ3) is 12.9. The van der Waals surface area contributed by atoms with Crippen LogP contribution in [0.2, 0.25) is 0 Å². The van der Waals surface area contributed by atoms with Gasteiger partial charge in [0.2, 0.25) is 6.54 Å². The Hall–Kier alpha value is -5.82. The van der Waals surface area contributed by atoms with Gasteiger partial charge in [-0.1, -0.05) is 72.0 Å². The predicted octanol–water partition coefficient (Wildman–Crippen LogP) is 8.60. The molecule has 6 heterocycles. The number of nitrogens with zero attached hydrogens (tertiary/aromatic N) is 10. The van der Waals surface area contributed by atoms with Crippen LogP contribution in [0.1, 0.15) is 103 Å². The Bertz CT molecular complexity index is 2760. The Morgan fingerprint density at radius 3 is 1.71 bits per heavy atom. The number of nitrogens with one attached hydrogen (secondary N) is 2. The predicted molar refractivity (Wildman–Crippen MR) is 272 cm³/mol. The number of aliphatic hydroxyl groups is 1. The van der Waals surface area contributed by atoms with Gasteiger partial charge in [0.05, 0.1) is 31.5 Å². The van der Waals surface area contributed by atoms with E-state index in [1.54, 1.807) is 49.6 Å². The smallest absolute Gasteiger partial charge is 0.394 e. The van der Waals surface area contributed by atoms with Crippen LogP contribution in [0.4, 0.5) is 11.6 Å². The van der Waals surface area contributed by atoms with Gasteiger partial charge in [0.1, 0.15) is 25.4 Å². The summed E-state index contributed by atoms with van der Waals surface area (Å²) in [6, 6.07) is 18.0. The largest absolute Gasteiger partial charge is 0.695 e. The number of carbonyl (C=O) groups excluding carboxylic acids is 2. The van der Waals surface area contributed by atoms with Gasteiger partial charge in [0.15, 0.2) is 52.5 Å². The number of hydrogen-bond acceptors (Lipinski definition) is 16. The lowest BCUT2D eigenvalue weighted by Crippen LogP contribution is -2.36. The topological polar surface area (TPSA) is 257 Å². The van der Waals surface area contributed by atoms with E-state index in [4.69, 9.17) is 29.6 Å². The molecule has 8 rings (SSSR count). The summed E-state index contributed by atoms with van der Waals surface area (Å²) in [5.41, 5.74) is 2.63. The molecule has 2 fully saturated rings. The summed E-state index contributed by atoms with van der Waals surface area (Å²) >= 11 is 0. The lowest BCUT2D eigenvalue weighted by molar-refractivity contribution is -0.0450. The minimum atomic E-state index is -2.89. The normalized spacial score (nSPS) is 22.2. The zero-order valence-electron chi connectivity index (χ0n) is 39.7. The lowest BCUT2D eigenvalue weighted by Gasteiger charge is -2.38. The molecule has 0 radical (unpaired) electrons. The summed E-state index contributed by atoms with van der Waals surface area (Å²) < 4.78 is 47.5. The minimum absolute atomic E-state index is 0. The number of aliphatic hydroxyl groups excluding tert-OH is 1. The quantitative estimate of drug-likeness (QED) is 0.0357. The van der Waals surface area contributed by atoms with Gasteiger partial charge < -0.3 is 39.1 Å². The molecule has 386 valence electrons. The van der Waals surface area contributed by atoms with Crippen molar-refractivity contribution < 1.29 is 47.2 Å². The number of hydrogen-bond donors (Lipinski definition) is 4. The summed E-state index contributed by atoms with van der Waals surface area (Å²) in [4.78, 5) is 64.0. The molecule has 2 amide bonds. The Labute approximate surface area is 421 Å². The van der Waals surface area contributed by atoms with Crippen LogP contribution in [0.25, 0.3) is 27.2 Å². The Kier molecular flexibility index (Phi) is 20.8. The summed E-state index contributed by atoms with van der Waals surface area (Å²) in [6.07, 6.45) is 3.40. The molecule has 72 heavy (non-hydrogen) atoms. The second-order valence-corrected chi connectivity index (χ2v) is 19.2. The van der Waals surface area contributed by atoms with E-state index >= 15 is 0 Å². The van der Waals surface area contributed by atoms with Crippen molar-refractivity contribution in [1.29, 1.82) is 0 Å². The zero-order valence-corrected chi connectivity index (χ0v) is 41.5. The van der Waals surface area contributed by atoms with Crippen molar-refractivity contribution in [3.8, 4) is 0 Å². The number of carbonyl (C=O) groups is 2. The van der Waals surface area contributed by atoms with Crippen molar-refractivity contribution in [2.45, 2.75) is 119 Å². The first kappa shape index (κ1) is 57.1. The first-order chi connectivity index (χ1) is 33.8. The van der Waals surface area contributed by atoms with E-state index in [0.29, 0.717) is 45.9 Å². The van der Waals surface area contributed by atoms with Gasteiger partial charge in [0.25, 0.3) is 20.3 Å². The van der Waals surface area contributed by atoms with Gasteiger partial charge in [0, 0.05) is 39.6 Å². The lowest BCUT2D eigenvalue weighted by atomic mass is 9.99. The summed E-state index contributed by atoms with van der Waals surface area (Å²) in [7, 11) is -4.37. The SMILES string of the molecule is C.C.C[C@H]1[C@@H](O[P+](=O)O)[C@H](n2cnc3c(NC(=O)c4ccccc4)ncnc32)O[C@@H]1CO.[C-]#[N+]CCOP(O[C@@H]1[C@H](C)[C@@H](CC)O[C@H]1n1cnc2c(NC(=O)c3ccccc3)ncnc21)N(C(C)C)C(C)C. The van der Waals surface area contributed by atoms with E-state index in [1.807, 2.05) is 28.8 Å². The van der Waals surface area contributed by atoms with Crippen LogP contribution in [0.15, 0.2) is 86.0 Å². The fourth-order valence-electron chi connectivity index (χ4n) is 8.42. The van der Waals surface area contributed by atoms with E-state index in [9.17, 15) is 24.2 Å². The maximum Gasteiger partial charge on any atom is 0.695 e. The highest BCUT2D eigenvalue weighted by molar-refractivity contribution is 7.44. The Balaban J connectivity index is 0.000000270. The standard InChI is InChI=1S/C28H38N7O4P.C18H18N5O6P.2CH4/c1-8-22-20(6)24(39-40(37-15-14-29-7)35(18(2)3)19(4)5)28(38-22)34-17-32-23-25(30-16-31-26(23)34)33-27(36)21-12-10-9-11-13-21;1-10-12(7-24)28-18(14(10)29-30(26)27)23-9-21-13-15(19-8-20-16(13)23)22-17(25)11-5-3-2-4-6-11;;/h9-13,16-20,22,24,28H,8,14-15H2,1-6H3,(H,30,31,33,36);2-6,8-10,12,14,18,24H,7H2,1H3,(H-,19,20,22,25,26,27);2*1H4/p+1/t20-,22-,24-,28-,40?;10-,12-,14-,18-;;/m11../s1. The van der Waals surface area contributed by atoms with Crippen molar-refractivity contribution in [3.63, 3.8) is 0 Å². The van der Waals surface area contributed by atoms with Crippen LogP contribution in [0.3, 0.4) is 0 Å². The Morgan fingerprint density at radius 2 is 1.26 bits per heavy atom. The number of imidazole rings is 2. The summed E-state index contributed by atoms with van der Waals surface area (Å²) in [5.74, 6) is -0.399. The van der Waals surface area contributed by atoms with Gasteiger partial charge in [-0.3, -0.25) is 18.7 Å². The molecule has 4 N–H and O–H groups in total. The van der Waals surface area contributed by atoms with E-state index in [0.717, 1.165) is 6.42 Å². The number of rotatable bonds is 18. The highest BCUT2D eigenvalue weighted by atomic mass is 31.2. The van der Waals surface area contributed by atoms with Crippen molar-refractivity contribution in [1.82, 2.24) is 43.7 Å². The molecule has 4 aromatic heterocycles. The highest BCUT2D eigenvalue weighted by Crippen LogP contribution is 2.52. The van der Waals surface area contributed by atoms with Gasteiger partial charge in [-0.15, -0.1) is 9.42 Å². The molecule has 22 nitrogen and oxygen atoms in total. The summed E-state index contributed by atoms with van der Waals surface area (Å²) in [6.45, 7) is 21.9. The van der Waals surface area contributed by atoms with E-state index in [2.05, 4.69) is 91.6 Å². The maximum atomic E-state index is 12.8. The Morgan fingerprint density at radius 1 is 0.792 bits per heavy atom. The van der Waals surface area contributed by atoms with Gasteiger partial charge in [-0.25, -0.2) is 41.1 Å². The highest BCUT2D eigenvalue weighted by Gasteiger charge is 2.49. The number of fused-ring (bicyclic) bond motifs is 2. The van der Waals surface area contributed by atoms with Crippen LogP contribution >= 0.6 is 16.8 Å². The monoisotopic (exact) mass is 1030 g/mol. The van der Waals surface area contributed by atoms with Crippen LogP contribution in [0, 0.1) is 18.4 Å². The number of anilines is 2. The fourth-order valence-corrected chi connectivity index (χ4v) is 10.7. The second-order valence-electron chi connectivity index (χ2n) is 17.1. The van der Waals surface area contributed by atoms with E-state index in [1.165, 1.54) is 23.5 Å². The van der Waals surface area contributed by atoms with Crippen molar-refractivity contribution >= 4 is 62.6 Å². The molecule has 2 aromatic carbocycles. The zero-order chi connectivity index (χ0) is 50.1. The van der Waals surface area contributed by atoms with Crippen molar-refractivity contribution in [2.24, 2.45) is 11.8 Å². The minimum Gasteiger partial charge on any atom is -0.394 e.